The smallest absolute Gasteiger partial charge is 0.242 e. The normalized spacial score (nSPS) is 17.8. The second-order valence-corrected chi connectivity index (χ2v) is 6.30. The summed E-state index contributed by atoms with van der Waals surface area (Å²) in [5, 5.41) is 10.9. The maximum absolute atomic E-state index is 12.1. The molecule has 2 aromatic rings. The molecule has 2 aromatic heterocycles. The number of hydrogen-bond donors (Lipinski definition) is 2. The van der Waals surface area contributed by atoms with E-state index in [2.05, 4.69) is 32.2 Å². The van der Waals surface area contributed by atoms with Crippen LogP contribution in [0.4, 0.5) is 0 Å². The Kier molecular flexibility index (Phi) is 5.63. The fourth-order valence-corrected chi connectivity index (χ4v) is 3.12. The highest BCUT2D eigenvalue weighted by molar-refractivity contribution is 5.75. The van der Waals surface area contributed by atoms with Gasteiger partial charge in [-0.1, -0.05) is 6.92 Å². The summed E-state index contributed by atoms with van der Waals surface area (Å²) < 4.78 is 3.79. The molecule has 24 heavy (non-hydrogen) atoms. The average molecular weight is 330 g/mol. The molecule has 7 heteroatoms. The second kappa shape index (κ2) is 8.10. The Labute approximate surface area is 142 Å². The Hall–Kier alpha value is -2.15. The molecule has 1 atom stereocenters. The zero-order valence-electron chi connectivity index (χ0n) is 14.2. The summed E-state index contributed by atoms with van der Waals surface area (Å²) in [5.74, 6) is 1.31. The molecule has 3 rings (SSSR count). The van der Waals surface area contributed by atoms with Crippen molar-refractivity contribution < 1.29 is 4.79 Å². The van der Waals surface area contributed by atoms with E-state index in [0.717, 1.165) is 44.0 Å². The molecule has 1 amide bonds. The van der Waals surface area contributed by atoms with Crippen LogP contribution in [0, 0.1) is 0 Å². The summed E-state index contributed by atoms with van der Waals surface area (Å²) in [7, 11) is 0. The predicted molar refractivity (Wildman–Crippen MR) is 91.4 cm³/mol. The number of carbonyl (C=O) groups excluding carboxylic acids is 1. The van der Waals surface area contributed by atoms with Crippen LogP contribution in [0.15, 0.2) is 24.7 Å². The van der Waals surface area contributed by atoms with E-state index in [-0.39, 0.29) is 12.5 Å². The fourth-order valence-electron chi connectivity index (χ4n) is 3.12. The van der Waals surface area contributed by atoms with E-state index in [0.29, 0.717) is 12.5 Å². The van der Waals surface area contributed by atoms with Gasteiger partial charge in [0.25, 0.3) is 0 Å². The molecule has 0 saturated carbocycles. The number of nitrogens with zero attached hydrogens (tertiary/aromatic N) is 4. The first-order valence-electron chi connectivity index (χ1n) is 8.77. The van der Waals surface area contributed by atoms with Crippen molar-refractivity contribution in [3.05, 3.63) is 36.2 Å². The van der Waals surface area contributed by atoms with Gasteiger partial charge in [-0.15, -0.1) is 0 Å². The van der Waals surface area contributed by atoms with E-state index in [4.69, 9.17) is 0 Å². The monoisotopic (exact) mass is 330 g/mol. The van der Waals surface area contributed by atoms with Gasteiger partial charge in [-0.05, 0) is 31.9 Å². The number of amides is 1. The van der Waals surface area contributed by atoms with Crippen molar-refractivity contribution in [2.45, 2.75) is 51.7 Å². The van der Waals surface area contributed by atoms with Gasteiger partial charge in [0.1, 0.15) is 12.4 Å². The van der Waals surface area contributed by atoms with Crippen molar-refractivity contribution in [2.75, 3.05) is 13.1 Å². The largest absolute Gasteiger partial charge is 0.347 e. The van der Waals surface area contributed by atoms with Crippen LogP contribution in [-0.4, -0.2) is 38.3 Å². The Morgan fingerprint density at radius 3 is 3.17 bits per heavy atom. The number of hydrogen-bond acceptors (Lipinski definition) is 4. The lowest BCUT2D eigenvalue weighted by molar-refractivity contribution is -0.122. The molecule has 3 heterocycles. The zero-order valence-corrected chi connectivity index (χ0v) is 14.2. The molecule has 130 valence electrons. The van der Waals surface area contributed by atoms with E-state index >= 15 is 0 Å². The van der Waals surface area contributed by atoms with Crippen LogP contribution in [0.1, 0.15) is 43.6 Å². The van der Waals surface area contributed by atoms with Gasteiger partial charge in [0.05, 0.1) is 12.2 Å². The Morgan fingerprint density at radius 1 is 1.46 bits per heavy atom. The predicted octanol–water partition coefficient (Wildman–Crippen LogP) is 1.27. The summed E-state index contributed by atoms with van der Waals surface area (Å²) in [6.45, 7) is 5.81. The first-order valence-corrected chi connectivity index (χ1v) is 8.77. The minimum absolute atomic E-state index is 0.0440. The Bertz CT molecular complexity index is 656. The van der Waals surface area contributed by atoms with Crippen molar-refractivity contribution in [1.29, 1.82) is 0 Å². The van der Waals surface area contributed by atoms with Crippen molar-refractivity contribution in [3.8, 4) is 0 Å². The molecule has 7 nitrogen and oxygen atoms in total. The minimum atomic E-state index is -0.0440. The van der Waals surface area contributed by atoms with Crippen LogP contribution in [0.5, 0.6) is 0 Å². The number of aromatic nitrogens is 4. The maximum Gasteiger partial charge on any atom is 0.242 e. The molecule has 0 unspecified atom stereocenters. The number of nitrogens with one attached hydrogen (secondary N) is 2. The van der Waals surface area contributed by atoms with Crippen LogP contribution < -0.4 is 10.6 Å². The van der Waals surface area contributed by atoms with Gasteiger partial charge in [-0.3, -0.25) is 9.48 Å². The van der Waals surface area contributed by atoms with Gasteiger partial charge >= 0.3 is 0 Å². The molecule has 0 radical (unpaired) electrons. The van der Waals surface area contributed by atoms with Crippen LogP contribution in [-0.2, 0) is 24.4 Å². The van der Waals surface area contributed by atoms with E-state index in [1.807, 2.05) is 18.5 Å². The van der Waals surface area contributed by atoms with Crippen molar-refractivity contribution in [2.24, 2.45) is 0 Å². The van der Waals surface area contributed by atoms with E-state index in [1.54, 1.807) is 10.9 Å². The van der Waals surface area contributed by atoms with Crippen molar-refractivity contribution in [3.63, 3.8) is 0 Å². The van der Waals surface area contributed by atoms with Crippen LogP contribution in [0.3, 0.4) is 0 Å². The minimum Gasteiger partial charge on any atom is -0.347 e. The lowest BCUT2D eigenvalue weighted by Crippen LogP contribution is -2.30. The van der Waals surface area contributed by atoms with Gasteiger partial charge < -0.3 is 15.2 Å². The molecular weight excluding hydrogens is 304 g/mol. The first-order chi connectivity index (χ1) is 11.8. The third-order valence-electron chi connectivity index (χ3n) is 4.39. The number of rotatable bonds is 7. The zero-order chi connectivity index (χ0) is 16.8. The molecule has 0 aromatic carbocycles. The highest BCUT2D eigenvalue weighted by atomic mass is 16.2. The molecule has 0 bridgehead atoms. The van der Waals surface area contributed by atoms with E-state index in [9.17, 15) is 4.79 Å². The number of imidazole rings is 1. The topological polar surface area (TPSA) is 76.8 Å². The van der Waals surface area contributed by atoms with Crippen molar-refractivity contribution >= 4 is 5.91 Å². The molecule has 1 saturated heterocycles. The summed E-state index contributed by atoms with van der Waals surface area (Å²) in [6, 6.07) is 2.03. The van der Waals surface area contributed by atoms with Gasteiger partial charge in [0.2, 0.25) is 5.91 Å². The first kappa shape index (κ1) is 16.7. The van der Waals surface area contributed by atoms with Gasteiger partial charge in [0, 0.05) is 37.6 Å². The molecule has 0 aliphatic carbocycles. The lowest BCUT2D eigenvalue weighted by Gasteiger charge is -2.20. The summed E-state index contributed by atoms with van der Waals surface area (Å²) in [5.41, 5.74) is 1.08. The standard InChI is InChI=1S/C17H26N6O/c1-2-8-22-10-7-19-16(22)12-20-17(24)13-23-9-5-15(21-23)14-4-3-6-18-11-14/h5,7,9-10,14,18H,2-4,6,8,11-13H2,1H3,(H,20,24)/t14-/m1/s1. The third kappa shape index (κ3) is 4.23. The maximum atomic E-state index is 12.1. The number of aryl methyl sites for hydroxylation is 1. The number of piperidine rings is 1. The van der Waals surface area contributed by atoms with Crippen molar-refractivity contribution in [1.82, 2.24) is 30.0 Å². The molecule has 0 spiro atoms. The lowest BCUT2D eigenvalue weighted by atomic mass is 9.97. The molecular formula is C17H26N6O. The fraction of sp³-hybridized carbons (Fsp3) is 0.588. The summed E-state index contributed by atoms with van der Waals surface area (Å²) in [4.78, 5) is 16.4. The van der Waals surface area contributed by atoms with Gasteiger partial charge in [-0.25, -0.2) is 4.98 Å². The SMILES string of the molecule is CCCn1ccnc1CNC(=O)Cn1ccc([C@@H]2CCCNC2)n1. The highest BCUT2D eigenvalue weighted by Crippen LogP contribution is 2.21. The van der Waals surface area contributed by atoms with Gasteiger partial charge in [0.15, 0.2) is 0 Å². The molecule has 1 fully saturated rings. The average Bonchev–Trinajstić information content (AvgIpc) is 3.24. The van der Waals surface area contributed by atoms with Crippen LogP contribution in [0.2, 0.25) is 0 Å². The summed E-state index contributed by atoms with van der Waals surface area (Å²) in [6.07, 6.45) is 9.00. The number of carbonyl (C=O) groups is 1. The van der Waals surface area contributed by atoms with Crippen LogP contribution >= 0.6 is 0 Å². The van der Waals surface area contributed by atoms with Gasteiger partial charge in [-0.2, -0.15) is 5.10 Å². The molecule has 2 N–H and O–H groups in total. The van der Waals surface area contributed by atoms with E-state index in [1.165, 1.54) is 6.42 Å². The third-order valence-corrected chi connectivity index (χ3v) is 4.39. The Balaban J connectivity index is 1.49. The second-order valence-electron chi connectivity index (χ2n) is 6.30. The highest BCUT2D eigenvalue weighted by Gasteiger charge is 2.17. The van der Waals surface area contributed by atoms with Crippen LogP contribution in [0.25, 0.3) is 0 Å². The van der Waals surface area contributed by atoms with E-state index < -0.39 is 0 Å². The molecule has 1 aliphatic heterocycles. The quantitative estimate of drug-likeness (QED) is 0.802. The Morgan fingerprint density at radius 2 is 2.38 bits per heavy atom. The summed E-state index contributed by atoms with van der Waals surface area (Å²) >= 11 is 0. The molecule has 1 aliphatic rings.